The van der Waals surface area contributed by atoms with Crippen LogP contribution in [0.3, 0.4) is 0 Å². The van der Waals surface area contributed by atoms with Crippen molar-refractivity contribution in [1.29, 1.82) is 0 Å². The van der Waals surface area contributed by atoms with E-state index in [1.807, 2.05) is 0 Å². The van der Waals surface area contributed by atoms with Crippen molar-refractivity contribution in [2.45, 2.75) is 73.9 Å². The van der Waals surface area contributed by atoms with Gasteiger partial charge in [0.1, 0.15) is 78.3 Å². The van der Waals surface area contributed by atoms with Crippen LogP contribution in [-0.4, -0.2) is 164 Å². The minimum absolute atomic E-state index is 0.00124. The molecule has 0 saturated carbocycles. The highest BCUT2D eigenvalue weighted by molar-refractivity contribution is 8.06. The number of rotatable bonds is 17. The smallest absolute Gasteiger partial charge is 0.387 e. The average molecular weight is 1020 g/mol. The number of phosphoric acid groups is 2. The molecule has 3 saturated heterocycles. The maximum Gasteiger partial charge on any atom is 0.472 e. The molecule has 0 radical (unpaired) electrons. The number of aromatic nitrogens is 12. The normalized spacial score (nSPS) is 29.9. The lowest BCUT2D eigenvalue weighted by Gasteiger charge is -2.26. The summed E-state index contributed by atoms with van der Waals surface area (Å²) in [6.45, 7) is -6.23. The minimum atomic E-state index is -5.18. The topological polar surface area (TPSA) is 447 Å². The van der Waals surface area contributed by atoms with Gasteiger partial charge in [0.05, 0.1) is 44.9 Å². The highest BCUT2D eigenvalue weighted by Crippen LogP contribution is 2.53. The van der Waals surface area contributed by atoms with Gasteiger partial charge in [-0.2, -0.15) is 0 Å². The van der Waals surface area contributed by atoms with E-state index in [9.17, 15) is 38.9 Å². The highest BCUT2D eigenvalue weighted by Gasteiger charge is 2.52. The Hall–Kier alpha value is -4.44. The average Bonchev–Trinajstić information content (AvgIpc) is 4.13. The second kappa shape index (κ2) is 18.5. The van der Waals surface area contributed by atoms with Crippen LogP contribution < -0.4 is 17.2 Å². The van der Waals surface area contributed by atoms with Gasteiger partial charge < -0.3 is 70.5 Å². The Bertz CT molecular complexity index is 2930. The number of anilines is 3. The van der Waals surface area contributed by atoms with E-state index in [4.69, 9.17) is 58.8 Å². The van der Waals surface area contributed by atoms with Crippen molar-refractivity contribution in [3.05, 3.63) is 38.0 Å². The molecule has 0 aliphatic carbocycles. The molecule has 6 aromatic heterocycles. The minimum Gasteiger partial charge on any atom is -0.387 e. The van der Waals surface area contributed by atoms with Crippen LogP contribution in [0.25, 0.3) is 33.5 Å². The number of imidazole rings is 3. The van der Waals surface area contributed by atoms with Gasteiger partial charge in [-0.25, -0.2) is 54.0 Å². The Morgan fingerprint density at radius 2 is 1.10 bits per heavy atom. The van der Waals surface area contributed by atoms with Gasteiger partial charge in [-0.15, -0.1) is 0 Å². The van der Waals surface area contributed by atoms with Gasteiger partial charge >= 0.3 is 22.4 Å². The molecule has 6 aromatic rings. The Balaban J connectivity index is 0.909. The zero-order chi connectivity index (χ0) is 47.6. The number of nitrogens with two attached hydrogens (primary N) is 3. The van der Waals surface area contributed by atoms with Crippen molar-refractivity contribution in [2.75, 3.05) is 44.1 Å². The molecule has 67 heavy (non-hydrogen) atoms. The number of aliphatic hydroxyl groups is 2. The molecule has 362 valence electrons. The predicted molar refractivity (Wildman–Crippen MR) is 224 cm³/mol. The molecule has 9 rings (SSSR count). The summed E-state index contributed by atoms with van der Waals surface area (Å²) in [6, 6.07) is 0. The fourth-order valence-corrected chi connectivity index (χ4v) is 10.2. The Labute approximate surface area is 379 Å². The molecule has 9 heterocycles. The molecule has 0 aromatic carbocycles. The van der Waals surface area contributed by atoms with Crippen LogP contribution in [0.4, 0.5) is 17.5 Å². The van der Waals surface area contributed by atoms with Crippen molar-refractivity contribution < 1.29 is 80.5 Å². The lowest BCUT2D eigenvalue weighted by Crippen LogP contribution is -2.37. The molecule has 0 spiro atoms. The van der Waals surface area contributed by atoms with Crippen LogP contribution in [0.2, 0.25) is 0 Å². The van der Waals surface area contributed by atoms with Crippen molar-refractivity contribution >= 4 is 85.1 Å². The van der Waals surface area contributed by atoms with Crippen LogP contribution in [0, 0.1) is 0 Å². The second-order valence-corrected chi connectivity index (χ2v) is 20.5. The maximum absolute atomic E-state index is 13.8. The van der Waals surface area contributed by atoms with Gasteiger partial charge in [-0.1, -0.05) is 0 Å². The van der Waals surface area contributed by atoms with E-state index in [1.165, 1.54) is 46.1 Å². The number of hydrogen-bond donors (Lipinski definition) is 9. The van der Waals surface area contributed by atoms with Crippen molar-refractivity contribution in [1.82, 2.24) is 58.6 Å². The summed E-state index contributed by atoms with van der Waals surface area (Å²) in [6.07, 6.45) is -8.13. The second-order valence-electron chi connectivity index (χ2n) is 15.0. The number of hydrogen-bond acceptors (Lipinski definition) is 26. The van der Waals surface area contributed by atoms with Crippen molar-refractivity contribution in [3.8, 4) is 0 Å². The van der Waals surface area contributed by atoms with Crippen molar-refractivity contribution in [3.63, 3.8) is 0 Å². The van der Waals surface area contributed by atoms with Crippen molar-refractivity contribution in [2.24, 2.45) is 0 Å². The summed E-state index contributed by atoms with van der Waals surface area (Å²) >= 11 is 4.58. The van der Waals surface area contributed by atoms with E-state index in [0.29, 0.717) is 0 Å². The number of ether oxygens (including phenoxy) is 4. The molecule has 12 N–H and O–H groups in total. The van der Waals surface area contributed by atoms with E-state index in [2.05, 4.69) is 56.7 Å². The number of methoxy groups -OCH3 is 1. The molecule has 13 atom stereocenters. The number of aliphatic hydroxyl groups excluding tert-OH is 2. The lowest BCUT2D eigenvalue weighted by atomic mass is 10.1. The zero-order valence-corrected chi connectivity index (χ0v) is 37.7. The SMILES string of the molecule is COC1C(COP(O)(O)=S)OC(n2cnc3c(N)ncnc32)C1OP(=O)(O)OCC1CC(OP(=O)(O)OCC2OC(n3cnc4c(N)ncnc43)C(O)C2O)C(n2cnc3c(N)ncnc32)O1. The third kappa shape index (κ3) is 9.63. The molecular formula is C31H40N15O17P3S. The molecule has 32 nitrogen and oxygen atoms in total. The largest absolute Gasteiger partial charge is 0.472 e. The van der Waals surface area contributed by atoms with Gasteiger partial charge in [-0.05, 0) is 11.8 Å². The summed E-state index contributed by atoms with van der Waals surface area (Å²) < 4.78 is 82.1. The number of fused-ring (bicyclic) bond motifs is 3. The molecule has 0 amide bonds. The molecule has 3 aliphatic heterocycles. The van der Waals surface area contributed by atoms with E-state index in [-0.39, 0.29) is 57.4 Å². The van der Waals surface area contributed by atoms with Crippen LogP contribution >= 0.6 is 22.4 Å². The van der Waals surface area contributed by atoms with Gasteiger partial charge in [0, 0.05) is 13.5 Å². The monoisotopic (exact) mass is 1020 g/mol. The van der Waals surface area contributed by atoms with Gasteiger partial charge in [0.25, 0.3) is 0 Å². The number of nitrogens with zero attached hydrogens (tertiary/aromatic N) is 12. The molecule has 36 heteroatoms. The summed E-state index contributed by atoms with van der Waals surface area (Å²) in [7, 11) is -9.07. The van der Waals surface area contributed by atoms with Crippen LogP contribution in [0.1, 0.15) is 25.1 Å². The third-order valence-electron chi connectivity index (χ3n) is 10.8. The molecular weight excluding hydrogens is 979 g/mol. The number of phosphoric ester groups is 2. The first-order chi connectivity index (χ1) is 31.8. The first-order valence-corrected chi connectivity index (χ1v) is 25.1. The third-order valence-corrected chi connectivity index (χ3v) is 13.6. The van der Waals surface area contributed by atoms with E-state index in [1.54, 1.807) is 0 Å². The maximum atomic E-state index is 13.8. The molecule has 3 aliphatic rings. The highest BCUT2D eigenvalue weighted by atomic mass is 32.5. The quantitative estimate of drug-likeness (QED) is 0.0460. The standard InChI is InChI=1S/C31H40N15O17P3S/c1-55-21-15(5-58-66(53,54)67)61-31(46-11-43-18-25(34)37-8-40-28(18)46)22(21)63-65(51,52)56-3-12-2-13(29(59-12)44-9-41-16-23(32)35-6-38-26(16)44)62-64(49,50)57-4-14-19(47)20(48)30(60-14)45-10-42-17-24(33)36-7-39-27(17)45/h6-15,19-22,29-31,47-48H,2-5H2,1H3,(H,49,50)(H,51,52)(H2,32,35,38)(H2,33,36,39)(H2,34,37,40)(H2,53,54,67). The summed E-state index contributed by atoms with van der Waals surface area (Å²) in [5.41, 5.74) is 18.8. The zero-order valence-electron chi connectivity index (χ0n) is 34.2. The van der Waals surface area contributed by atoms with E-state index in [0.717, 1.165) is 12.7 Å². The molecule has 3 fully saturated rings. The van der Waals surface area contributed by atoms with Gasteiger partial charge in [0.2, 0.25) is 0 Å². The molecule has 13 unspecified atom stereocenters. The van der Waals surface area contributed by atoms with Gasteiger partial charge in [-0.3, -0.25) is 31.8 Å². The fraction of sp³-hybridized carbons (Fsp3) is 0.516. The van der Waals surface area contributed by atoms with E-state index < -0.39 is 110 Å². The number of nitrogen functional groups attached to an aromatic ring is 3. The summed E-state index contributed by atoms with van der Waals surface area (Å²) in [5, 5.41) is 21.7. The van der Waals surface area contributed by atoms with Crippen LogP contribution in [0.5, 0.6) is 0 Å². The Morgan fingerprint density at radius 3 is 1.64 bits per heavy atom. The van der Waals surface area contributed by atoms with Gasteiger partial charge in [0.15, 0.2) is 53.1 Å². The Kier molecular flexibility index (Phi) is 13.1. The first-order valence-electron chi connectivity index (χ1n) is 19.5. The predicted octanol–water partition coefficient (Wildman–Crippen LogP) is -1.70. The van der Waals surface area contributed by atoms with Crippen LogP contribution in [-0.2, 0) is 62.5 Å². The van der Waals surface area contributed by atoms with Crippen LogP contribution in [0.15, 0.2) is 38.0 Å². The first kappa shape index (κ1) is 47.6. The summed E-state index contributed by atoms with van der Waals surface area (Å²) in [4.78, 5) is 78.5. The summed E-state index contributed by atoms with van der Waals surface area (Å²) in [5.74, 6) is 0.0692. The molecule has 0 bridgehead atoms. The fourth-order valence-electron chi connectivity index (χ4n) is 7.79. The lowest BCUT2D eigenvalue weighted by molar-refractivity contribution is -0.0641. The van der Waals surface area contributed by atoms with E-state index >= 15 is 0 Å². The Morgan fingerprint density at radius 1 is 0.627 bits per heavy atom.